The summed E-state index contributed by atoms with van der Waals surface area (Å²) in [4.78, 5) is 14.8. The second-order valence-corrected chi connectivity index (χ2v) is 9.15. The molecule has 0 radical (unpaired) electrons. The van der Waals surface area contributed by atoms with Crippen LogP contribution >= 0.6 is 11.6 Å². The number of H-pyrrole nitrogens is 1. The first-order valence-electron chi connectivity index (χ1n) is 11.1. The van der Waals surface area contributed by atoms with E-state index in [9.17, 15) is 4.39 Å². The molecule has 34 heavy (non-hydrogen) atoms. The van der Waals surface area contributed by atoms with Crippen LogP contribution in [0.5, 0.6) is 0 Å². The van der Waals surface area contributed by atoms with Crippen LogP contribution in [0.3, 0.4) is 0 Å². The molecule has 7 nitrogen and oxygen atoms in total. The van der Waals surface area contributed by atoms with Crippen LogP contribution in [0.4, 0.5) is 15.9 Å². The number of piperidine rings is 1. The summed E-state index contributed by atoms with van der Waals surface area (Å²) in [6, 6.07) is 10.3. The molecule has 9 heteroatoms. The van der Waals surface area contributed by atoms with Crippen LogP contribution < -0.4 is 16.4 Å². The van der Waals surface area contributed by atoms with E-state index in [2.05, 4.69) is 14.9 Å². The van der Waals surface area contributed by atoms with E-state index in [1.807, 2.05) is 25.1 Å². The monoisotopic (exact) mass is 480 g/mol. The minimum atomic E-state index is -0.312. The average Bonchev–Trinajstić information content (AvgIpc) is 3.21. The van der Waals surface area contributed by atoms with Crippen LogP contribution in [-0.4, -0.2) is 47.3 Å². The normalized spacial score (nSPS) is 18.6. The van der Waals surface area contributed by atoms with Crippen molar-refractivity contribution in [3.05, 3.63) is 59.0 Å². The lowest BCUT2D eigenvalue weighted by Crippen LogP contribution is -2.51. The van der Waals surface area contributed by atoms with Gasteiger partial charge < -0.3 is 26.1 Å². The van der Waals surface area contributed by atoms with E-state index < -0.39 is 0 Å². The van der Waals surface area contributed by atoms with Gasteiger partial charge in [-0.25, -0.2) is 14.4 Å². The largest absolute Gasteiger partial charge is 0.383 e. The number of nitrogens with zero attached hydrogens (tertiary/aromatic N) is 3. The maximum Gasteiger partial charge on any atom is 0.144 e. The summed E-state index contributed by atoms with van der Waals surface area (Å²) in [7, 11) is 1.66. The molecule has 0 saturated carbocycles. The zero-order chi connectivity index (χ0) is 24.0. The third kappa shape index (κ3) is 4.09. The Morgan fingerprint density at radius 1 is 1.24 bits per heavy atom. The second-order valence-electron chi connectivity index (χ2n) is 8.72. The first kappa shape index (κ1) is 22.6. The van der Waals surface area contributed by atoms with Crippen molar-refractivity contribution >= 4 is 34.1 Å². The number of anilines is 2. The van der Waals surface area contributed by atoms with E-state index in [-0.39, 0.29) is 18.0 Å². The molecule has 3 heterocycles. The molecular formula is C25H26ClFN6O. The van der Waals surface area contributed by atoms with Crippen LogP contribution in [0.2, 0.25) is 5.02 Å². The second kappa shape index (κ2) is 8.87. The predicted octanol–water partition coefficient (Wildman–Crippen LogP) is 4.53. The molecule has 0 spiro atoms. The zero-order valence-corrected chi connectivity index (χ0v) is 19.7. The third-order valence-electron chi connectivity index (χ3n) is 6.34. The van der Waals surface area contributed by atoms with Crippen molar-refractivity contribution in [1.82, 2.24) is 15.0 Å². The number of ether oxygens (including phenoxy) is 1. The molecule has 5 N–H and O–H groups in total. The molecule has 2 aromatic carbocycles. The highest BCUT2D eigenvalue weighted by atomic mass is 35.5. The first-order valence-corrected chi connectivity index (χ1v) is 11.5. The van der Waals surface area contributed by atoms with Gasteiger partial charge in [-0.3, -0.25) is 0 Å². The number of fused-ring (bicyclic) bond motifs is 1. The number of nitrogens with two attached hydrogens (primary N) is 2. The molecule has 2 atom stereocenters. The highest BCUT2D eigenvalue weighted by Crippen LogP contribution is 2.43. The predicted molar refractivity (Wildman–Crippen MR) is 134 cm³/mol. The summed E-state index contributed by atoms with van der Waals surface area (Å²) >= 11 is 6.18. The lowest BCUT2D eigenvalue weighted by molar-refractivity contribution is 0.0730. The van der Waals surface area contributed by atoms with E-state index in [0.29, 0.717) is 40.9 Å². The molecule has 2 aromatic heterocycles. The van der Waals surface area contributed by atoms with Crippen molar-refractivity contribution in [3.63, 3.8) is 0 Å². The minimum absolute atomic E-state index is 0.0721. The number of nitrogen functional groups attached to an aromatic ring is 1. The van der Waals surface area contributed by atoms with Gasteiger partial charge in [0.15, 0.2) is 0 Å². The Balaban J connectivity index is 1.76. The van der Waals surface area contributed by atoms with Gasteiger partial charge in [0.1, 0.15) is 17.5 Å². The van der Waals surface area contributed by atoms with Crippen molar-refractivity contribution in [2.75, 3.05) is 30.8 Å². The number of methoxy groups -OCH3 is 1. The number of imidazole rings is 1. The molecule has 0 unspecified atom stereocenters. The Morgan fingerprint density at radius 2 is 2.06 bits per heavy atom. The van der Waals surface area contributed by atoms with Crippen molar-refractivity contribution in [1.29, 1.82) is 0 Å². The van der Waals surface area contributed by atoms with Gasteiger partial charge in [-0.05, 0) is 54.8 Å². The number of hydrogen-bond donors (Lipinski definition) is 3. The number of pyridine rings is 1. The number of hydrogen-bond acceptors (Lipinski definition) is 6. The van der Waals surface area contributed by atoms with Gasteiger partial charge in [-0.2, -0.15) is 0 Å². The van der Waals surface area contributed by atoms with E-state index in [1.54, 1.807) is 19.4 Å². The van der Waals surface area contributed by atoms with Gasteiger partial charge in [0.2, 0.25) is 0 Å². The Hall–Kier alpha value is -3.20. The molecule has 1 saturated heterocycles. The van der Waals surface area contributed by atoms with E-state index in [4.69, 9.17) is 32.8 Å². The maximum atomic E-state index is 14.4. The molecule has 1 fully saturated rings. The standard InChI is InChI=1S/C25H26ClFN6O/c1-13-7-14(9-16(27)8-13)17-11-30-24(29)22(23(17)33-6-5-18(28)21(12-33)34-2)25-31-19-4-3-15(26)10-20(19)32-25/h3-4,7-11,18,21H,5-6,12,28H2,1-2H3,(H2,29,30)(H,31,32)/t18-,21-/m1/s1. The van der Waals surface area contributed by atoms with Gasteiger partial charge in [0, 0.05) is 43.0 Å². The fourth-order valence-electron chi connectivity index (χ4n) is 4.67. The fourth-order valence-corrected chi connectivity index (χ4v) is 4.84. The number of benzene rings is 2. The van der Waals surface area contributed by atoms with E-state index >= 15 is 0 Å². The summed E-state index contributed by atoms with van der Waals surface area (Å²) in [6.07, 6.45) is 2.27. The Morgan fingerprint density at radius 3 is 2.82 bits per heavy atom. The van der Waals surface area contributed by atoms with Gasteiger partial charge >= 0.3 is 0 Å². The quantitative estimate of drug-likeness (QED) is 0.396. The highest BCUT2D eigenvalue weighted by molar-refractivity contribution is 6.31. The number of halogens is 2. The Labute approximate surface area is 201 Å². The van der Waals surface area contributed by atoms with Crippen LogP contribution in [0.1, 0.15) is 12.0 Å². The number of nitrogens with one attached hydrogen (secondary N) is 1. The average molecular weight is 481 g/mol. The first-order chi connectivity index (χ1) is 16.3. The molecule has 5 rings (SSSR count). The Bertz CT molecular complexity index is 1350. The lowest BCUT2D eigenvalue weighted by atomic mass is 9.96. The molecular weight excluding hydrogens is 455 g/mol. The van der Waals surface area contributed by atoms with Crippen molar-refractivity contribution < 1.29 is 9.13 Å². The van der Waals surface area contributed by atoms with Gasteiger partial charge in [0.25, 0.3) is 0 Å². The molecule has 0 amide bonds. The summed E-state index contributed by atoms with van der Waals surface area (Å²) < 4.78 is 20.1. The number of rotatable bonds is 4. The third-order valence-corrected chi connectivity index (χ3v) is 6.58. The van der Waals surface area contributed by atoms with Crippen LogP contribution in [0, 0.1) is 12.7 Å². The van der Waals surface area contributed by atoms with Crippen molar-refractivity contribution in [2.45, 2.75) is 25.5 Å². The summed E-state index contributed by atoms with van der Waals surface area (Å²) in [5.74, 6) is 0.574. The van der Waals surface area contributed by atoms with Crippen LogP contribution in [-0.2, 0) is 4.74 Å². The van der Waals surface area contributed by atoms with Crippen LogP contribution in [0.15, 0.2) is 42.6 Å². The fraction of sp³-hybridized carbons (Fsp3) is 0.280. The van der Waals surface area contributed by atoms with Gasteiger partial charge in [-0.1, -0.05) is 17.7 Å². The van der Waals surface area contributed by atoms with Crippen molar-refractivity contribution in [3.8, 4) is 22.5 Å². The summed E-state index contributed by atoms with van der Waals surface area (Å²) in [5, 5.41) is 0.603. The minimum Gasteiger partial charge on any atom is -0.383 e. The van der Waals surface area contributed by atoms with Crippen LogP contribution in [0.25, 0.3) is 33.5 Å². The highest BCUT2D eigenvalue weighted by Gasteiger charge is 2.31. The van der Waals surface area contributed by atoms with Gasteiger partial charge in [0.05, 0.1) is 28.4 Å². The maximum absolute atomic E-state index is 14.4. The SMILES string of the molecule is CO[C@@H]1CN(c2c(-c3cc(C)cc(F)c3)cnc(N)c2-c2nc3ccc(Cl)cc3[nH]2)CC[C@H]1N. The number of aromatic amines is 1. The number of aromatic nitrogens is 3. The molecule has 176 valence electrons. The molecule has 1 aliphatic rings. The molecule has 1 aliphatic heterocycles. The molecule has 0 bridgehead atoms. The van der Waals surface area contributed by atoms with E-state index in [0.717, 1.165) is 34.3 Å². The molecule has 4 aromatic rings. The smallest absolute Gasteiger partial charge is 0.144 e. The zero-order valence-electron chi connectivity index (χ0n) is 19.0. The summed E-state index contributed by atoms with van der Waals surface area (Å²) in [5.41, 5.74) is 18.0. The topological polar surface area (TPSA) is 106 Å². The van der Waals surface area contributed by atoms with Gasteiger partial charge in [-0.15, -0.1) is 0 Å². The lowest BCUT2D eigenvalue weighted by Gasteiger charge is -2.39. The number of aryl methyl sites for hydroxylation is 1. The summed E-state index contributed by atoms with van der Waals surface area (Å²) in [6.45, 7) is 3.11. The molecule has 0 aliphatic carbocycles. The van der Waals surface area contributed by atoms with E-state index in [1.165, 1.54) is 12.1 Å². The Kier molecular flexibility index (Phi) is 5.89. The van der Waals surface area contributed by atoms with Crippen molar-refractivity contribution in [2.24, 2.45) is 5.73 Å².